The van der Waals surface area contributed by atoms with Gasteiger partial charge in [0, 0.05) is 5.56 Å². The Bertz CT molecular complexity index is 1400. The van der Waals surface area contributed by atoms with Crippen molar-refractivity contribution in [2.24, 2.45) is 5.92 Å². The second-order valence-corrected chi connectivity index (χ2v) is 9.41. The SMILES string of the molecule is COc1ccc(C(=O)Nc2ccccc2C(=O)N[C@@H](C(=O)NN(c2ccccc2)c2ccccc2)C(C)C)cc1. The highest BCUT2D eigenvalue weighted by Gasteiger charge is 2.28. The largest absolute Gasteiger partial charge is 0.497 e. The second-order valence-electron chi connectivity index (χ2n) is 9.41. The number of benzene rings is 4. The van der Waals surface area contributed by atoms with E-state index in [9.17, 15) is 14.4 Å². The zero-order valence-corrected chi connectivity index (χ0v) is 22.6. The van der Waals surface area contributed by atoms with Crippen molar-refractivity contribution in [1.82, 2.24) is 10.7 Å². The fourth-order valence-electron chi connectivity index (χ4n) is 4.09. The molecule has 0 fully saturated rings. The van der Waals surface area contributed by atoms with Crippen LogP contribution >= 0.6 is 0 Å². The van der Waals surface area contributed by atoms with Crippen LogP contribution in [0.3, 0.4) is 0 Å². The number of hydrazine groups is 1. The number of para-hydroxylation sites is 3. The molecular formula is C32H32N4O4. The first-order chi connectivity index (χ1) is 19.4. The van der Waals surface area contributed by atoms with Crippen LogP contribution in [-0.4, -0.2) is 30.9 Å². The van der Waals surface area contributed by atoms with E-state index in [0.717, 1.165) is 11.4 Å². The van der Waals surface area contributed by atoms with Crippen LogP contribution in [-0.2, 0) is 4.79 Å². The van der Waals surface area contributed by atoms with Crippen LogP contribution in [0.1, 0.15) is 34.6 Å². The number of ether oxygens (including phenoxy) is 1. The number of hydrogen-bond acceptors (Lipinski definition) is 5. The minimum absolute atomic E-state index is 0.224. The summed E-state index contributed by atoms with van der Waals surface area (Å²) in [6.45, 7) is 3.72. The van der Waals surface area contributed by atoms with Crippen LogP contribution in [0.4, 0.5) is 17.1 Å². The molecule has 0 saturated heterocycles. The topological polar surface area (TPSA) is 99.8 Å². The maximum absolute atomic E-state index is 13.6. The third kappa shape index (κ3) is 6.85. The van der Waals surface area contributed by atoms with Crippen molar-refractivity contribution in [3.63, 3.8) is 0 Å². The van der Waals surface area contributed by atoms with Gasteiger partial charge >= 0.3 is 0 Å². The van der Waals surface area contributed by atoms with Crippen molar-refractivity contribution < 1.29 is 19.1 Å². The van der Waals surface area contributed by atoms with E-state index in [4.69, 9.17) is 4.74 Å². The van der Waals surface area contributed by atoms with Crippen LogP contribution in [0.2, 0.25) is 0 Å². The summed E-state index contributed by atoms with van der Waals surface area (Å²) in [4.78, 5) is 39.9. The summed E-state index contributed by atoms with van der Waals surface area (Å²) < 4.78 is 5.15. The molecule has 0 spiro atoms. The normalized spacial score (nSPS) is 11.3. The fourth-order valence-corrected chi connectivity index (χ4v) is 4.09. The molecule has 0 bridgehead atoms. The zero-order chi connectivity index (χ0) is 28.5. The standard InChI is InChI=1S/C32H32N4O4/c1-22(2)29(32(39)35-36(24-12-6-4-7-13-24)25-14-8-5-9-15-25)34-31(38)27-16-10-11-17-28(27)33-30(37)23-18-20-26(40-3)21-19-23/h4-22,29H,1-3H3,(H,33,37)(H,34,38)(H,35,39)/t29-/m1/s1. The van der Waals surface area contributed by atoms with Crippen molar-refractivity contribution in [3.8, 4) is 5.75 Å². The number of amides is 3. The first-order valence-electron chi connectivity index (χ1n) is 12.9. The van der Waals surface area contributed by atoms with Gasteiger partial charge in [0.1, 0.15) is 11.8 Å². The third-order valence-electron chi connectivity index (χ3n) is 6.26. The molecule has 4 rings (SSSR count). The Hall–Kier alpha value is -5.11. The molecule has 40 heavy (non-hydrogen) atoms. The Morgan fingerprint density at radius 3 is 1.80 bits per heavy atom. The molecule has 4 aromatic carbocycles. The molecule has 204 valence electrons. The molecule has 1 atom stereocenters. The summed E-state index contributed by atoms with van der Waals surface area (Å²) in [6.07, 6.45) is 0. The summed E-state index contributed by atoms with van der Waals surface area (Å²) in [5, 5.41) is 7.35. The molecule has 0 heterocycles. The monoisotopic (exact) mass is 536 g/mol. The highest BCUT2D eigenvalue weighted by Crippen LogP contribution is 2.23. The maximum atomic E-state index is 13.6. The molecule has 8 heteroatoms. The minimum atomic E-state index is -0.854. The number of methoxy groups -OCH3 is 1. The lowest BCUT2D eigenvalue weighted by molar-refractivity contribution is -0.123. The molecule has 8 nitrogen and oxygen atoms in total. The van der Waals surface area contributed by atoms with E-state index in [1.54, 1.807) is 60.6 Å². The van der Waals surface area contributed by atoms with E-state index < -0.39 is 11.9 Å². The first-order valence-corrected chi connectivity index (χ1v) is 12.9. The predicted octanol–water partition coefficient (Wildman–Crippen LogP) is 5.57. The number of carbonyl (C=O) groups excluding carboxylic acids is 3. The van der Waals surface area contributed by atoms with Crippen molar-refractivity contribution in [3.05, 3.63) is 120 Å². The Kier molecular flexibility index (Phi) is 9.15. The number of rotatable bonds is 10. The van der Waals surface area contributed by atoms with Gasteiger partial charge in [-0.15, -0.1) is 0 Å². The van der Waals surface area contributed by atoms with Gasteiger partial charge in [0.05, 0.1) is 29.7 Å². The lowest BCUT2D eigenvalue weighted by Crippen LogP contribution is -2.53. The number of hydrogen-bond donors (Lipinski definition) is 3. The summed E-state index contributed by atoms with van der Waals surface area (Å²) in [5.74, 6) is -0.825. The number of carbonyl (C=O) groups is 3. The Labute approximate surface area is 233 Å². The van der Waals surface area contributed by atoms with Gasteiger partial charge in [-0.25, -0.2) is 0 Å². The maximum Gasteiger partial charge on any atom is 0.261 e. The number of nitrogens with one attached hydrogen (secondary N) is 3. The summed E-state index contributed by atoms with van der Waals surface area (Å²) >= 11 is 0. The highest BCUT2D eigenvalue weighted by molar-refractivity contribution is 6.09. The number of anilines is 3. The van der Waals surface area contributed by atoms with E-state index in [1.165, 1.54) is 0 Å². The van der Waals surface area contributed by atoms with Gasteiger partial charge in [0.2, 0.25) is 0 Å². The van der Waals surface area contributed by atoms with Crippen molar-refractivity contribution >= 4 is 34.8 Å². The molecule has 0 aliphatic carbocycles. The predicted molar refractivity (Wildman–Crippen MR) is 157 cm³/mol. The lowest BCUT2D eigenvalue weighted by atomic mass is 10.0. The van der Waals surface area contributed by atoms with Crippen LogP contribution < -0.4 is 25.8 Å². The molecule has 0 radical (unpaired) electrons. The van der Waals surface area contributed by atoms with Gasteiger partial charge in [-0.3, -0.25) is 24.8 Å². The molecule has 3 N–H and O–H groups in total. The quantitative estimate of drug-likeness (QED) is 0.230. The lowest BCUT2D eigenvalue weighted by Gasteiger charge is -2.29. The summed E-state index contributed by atoms with van der Waals surface area (Å²) in [5.41, 5.74) is 5.49. The molecular weight excluding hydrogens is 504 g/mol. The molecule has 0 saturated carbocycles. The molecule has 0 aromatic heterocycles. The summed E-state index contributed by atoms with van der Waals surface area (Å²) in [6, 6.07) is 31.4. The van der Waals surface area contributed by atoms with E-state index in [1.807, 2.05) is 74.5 Å². The van der Waals surface area contributed by atoms with E-state index in [-0.39, 0.29) is 23.3 Å². The average molecular weight is 537 g/mol. The van der Waals surface area contributed by atoms with Crippen LogP contribution in [0.25, 0.3) is 0 Å². The second kappa shape index (κ2) is 13.1. The fraction of sp³-hybridized carbons (Fsp3) is 0.156. The number of nitrogens with zero attached hydrogens (tertiary/aromatic N) is 1. The highest BCUT2D eigenvalue weighted by atomic mass is 16.5. The first kappa shape index (κ1) is 27.9. The van der Waals surface area contributed by atoms with Crippen LogP contribution in [0, 0.1) is 5.92 Å². The van der Waals surface area contributed by atoms with Gasteiger partial charge in [-0.2, -0.15) is 0 Å². The van der Waals surface area contributed by atoms with Crippen LogP contribution in [0.15, 0.2) is 109 Å². The third-order valence-corrected chi connectivity index (χ3v) is 6.26. The minimum Gasteiger partial charge on any atom is -0.497 e. The van der Waals surface area contributed by atoms with Gasteiger partial charge in [-0.05, 0) is 66.6 Å². The van der Waals surface area contributed by atoms with Gasteiger partial charge in [-0.1, -0.05) is 62.4 Å². The molecule has 0 unspecified atom stereocenters. The summed E-state index contributed by atoms with van der Waals surface area (Å²) in [7, 11) is 1.55. The van der Waals surface area contributed by atoms with Gasteiger partial charge < -0.3 is 15.4 Å². The van der Waals surface area contributed by atoms with Gasteiger partial charge in [0.15, 0.2) is 0 Å². The van der Waals surface area contributed by atoms with Crippen molar-refractivity contribution in [2.75, 3.05) is 17.4 Å². The van der Waals surface area contributed by atoms with Crippen molar-refractivity contribution in [1.29, 1.82) is 0 Å². The van der Waals surface area contributed by atoms with E-state index >= 15 is 0 Å². The van der Waals surface area contributed by atoms with Gasteiger partial charge in [0.25, 0.3) is 17.7 Å². The molecule has 4 aromatic rings. The average Bonchev–Trinajstić information content (AvgIpc) is 2.99. The zero-order valence-electron chi connectivity index (χ0n) is 22.6. The van der Waals surface area contributed by atoms with Crippen molar-refractivity contribution in [2.45, 2.75) is 19.9 Å². The smallest absolute Gasteiger partial charge is 0.261 e. The Balaban J connectivity index is 1.52. The Morgan fingerprint density at radius 1 is 0.700 bits per heavy atom. The molecule has 0 aliphatic heterocycles. The van der Waals surface area contributed by atoms with E-state index in [0.29, 0.717) is 17.0 Å². The molecule has 0 aliphatic rings. The molecule has 3 amide bonds. The van der Waals surface area contributed by atoms with E-state index in [2.05, 4.69) is 16.1 Å². The van der Waals surface area contributed by atoms with Crippen LogP contribution in [0.5, 0.6) is 5.75 Å². The Morgan fingerprint density at radius 2 is 1.25 bits per heavy atom.